The van der Waals surface area contributed by atoms with E-state index < -0.39 is 5.82 Å². The number of halogens is 1. The van der Waals surface area contributed by atoms with Crippen LogP contribution in [0.4, 0.5) is 10.1 Å². The van der Waals surface area contributed by atoms with Crippen molar-refractivity contribution in [3.05, 3.63) is 35.5 Å². The smallest absolute Gasteiger partial charge is 0.276 e. The Balaban J connectivity index is 1.61. The van der Waals surface area contributed by atoms with Crippen molar-refractivity contribution in [2.45, 2.75) is 24.5 Å². The Kier molecular flexibility index (Phi) is 6.99. The van der Waals surface area contributed by atoms with Gasteiger partial charge in [-0.3, -0.25) is 19.6 Å². The molecule has 1 aromatic carbocycles. The Bertz CT molecular complexity index is 957. The van der Waals surface area contributed by atoms with E-state index in [2.05, 4.69) is 25.0 Å². The third-order valence-corrected chi connectivity index (χ3v) is 6.14. The summed E-state index contributed by atoms with van der Waals surface area (Å²) in [6, 6.07) is 4.39. The number of nitrogens with zero attached hydrogens (tertiary/aromatic N) is 6. The molecule has 31 heavy (non-hydrogen) atoms. The molecule has 3 heterocycles. The number of anilines is 1. The van der Waals surface area contributed by atoms with Crippen molar-refractivity contribution in [3.63, 3.8) is 0 Å². The van der Waals surface area contributed by atoms with E-state index in [9.17, 15) is 9.18 Å². The number of piperidine rings is 1. The van der Waals surface area contributed by atoms with Gasteiger partial charge < -0.3 is 9.32 Å². The summed E-state index contributed by atoms with van der Waals surface area (Å²) in [5.41, 5.74) is 1.47. The molecule has 1 aromatic heterocycles. The first-order chi connectivity index (χ1) is 15.0. The molecule has 0 aliphatic carbocycles. The lowest BCUT2D eigenvalue weighted by Crippen LogP contribution is -2.44. The van der Waals surface area contributed by atoms with Crippen LogP contribution in [0.3, 0.4) is 0 Å². The number of hydrogen-bond donors (Lipinski definition) is 0. The largest absolute Gasteiger partial charge is 0.410 e. The fourth-order valence-electron chi connectivity index (χ4n) is 3.70. The van der Waals surface area contributed by atoms with E-state index in [0.29, 0.717) is 28.9 Å². The number of likely N-dealkylation sites (tertiary alicyclic amines) is 1. The van der Waals surface area contributed by atoms with Crippen LogP contribution in [0.5, 0.6) is 0 Å². The summed E-state index contributed by atoms with van der Waals surface area (Å²) < 4.78 is 20.0. The minimum Gasteiger partial charge on any atom is -0.410 e. The third-order valence-electron chi connectivity index (χ3n) is 5.34. The molecular weight excluding hydrogens is 419 g/mol. The summed E-state index contributed by atoms with van der Waals surface area (Å²) in [5.74, 6) is 0.466. The van der Waals surface area contributed by atoms with E-state index >= 15 is 0 Å². The lowest BCUT2D eigenvalue weighted by Gasteiger charge is -2.32. The molecule has 0 unspecified atom stereocenters. The van der Waals surface area contributed by atoms with Crippen LogP contribution in [0.25, 0.3) is 0 Å². The van der Waals surface area contributed by atoms with Crippen molar-refractivity contribution in [2.75, 3.05) is 57.6 Å². The molecule has 1 amide bonds. The number of carbonyl (C=O) groups is 1. The van der Waals surface area contributed by atoms with Gasteiger partial charge in [0.1, 0.15) is 18.1 Å². The fraction of sp³-hybridized carbons (Fsp3) is 0.524. The highest BCUT2D eigenvalue weighted by Gasteiger charge is 2.29. The molecular formula is C21H27FN6O2S. The number of hydrogen-bond acceptors (Lipinski definition) is 8. The van der Waals surface area contributed by atoms with Gasteiger partial charge in [0.05, 0.1) is 12.4 Å². The maximum Gasteiger partial charge on any atom is 0.276 e. The minimum atomic E-state index is -0.404. The zero-order valence-corrected chi connectivity index (χ0v) is 18.7. The summed E-state index contributed by atoms with van der Waals surface area (Å²) in [6.07, 6.45) is 3.46. The molecule has 1 fully saturated rings. The summed E-state index contributed by atoms with van der Waals surface area (Å²) in [5, 5.41) is 8.65. The molecule has 0 radical (unpaired) electrons. The average Bonchev–Trinajstić information content (AvgIpc) is 3.16. The summed E-state index contributed by atoms with van der Waals surface area (Å²) in [7, 11) is 4.00. The standard InChI is InChI=1S/C21H27FN6O2S/c1-26(2)10-11-31-21-25-24-20(30-21)19-16-12-15(22)6-7-17(16)28(18(29)13-23-19)14-27-8-4-3-5-9-27/h6-7,12H,3-5,8-11,13-14H2,1-2H3. The Morgan fingerprint density at radius 3 is 2.77 bits per heavy atom. The van der Waals surface area contributed by atoms with Crippen molar-refractivity contribution in [1.29, 1.82) is 0 Å². The topological polar surface area (TPSA) is 78.1 Å². The van der Waals surface area contributed by atoms with E-state index in [1.54, 1.807) is 11.0 Å². The second-order valence-corrected chi connectivity index (χ2v) is 9.04. The van der Waals surface area contributed by atoms with Crippen molar-refractivity contribution in [3.8, 4) is 0 Å². The second-order valence-electron chi connectivity index (χ2n) is 7.99. The molecule has 8 nitrogen and oxygen atoms in total. The highest BCUT2D eigenvalue weighted by Crippen LogP contribution is 2.29. The number of rotatable bonds is 7. The van der Waals surface area contributed by atoms with Crippen LogP contribution in [0, 0.1) is 5.82 Å². The molecule has 0 atom stereocenters. The van der Waals surface area contributed by atoms with Gasteiger partial charge in [0.25, 0.3) is 11.1 Å². The molecule has 2 aliphatic rings. The molecule has 0 N–H and O–H groups in total. The maximum atomic E-state index is 14.2. The highest BCUT2D eigenvalue weighted by atomic mass is 32.2. The molecule has 0 bridgehead atoms. The second kappa shape index (κ2) is 9.88. The van der Waals surface area contributed by atoms with Gasteiger partial charge in [-0.2, -0.15) is 0 Å². The number of amides is 1. The molecule has 2 aromatic rings. The maximum absolute atomic E-state index is 14.2. The quantitative estimate of drug-likeness (QED) is 0.605. The number of aliphatic imine (C=N–C) groups is 1. The summed E-state index contributed by atoms with van der Waals surface area (Å²) in [4.78, 5) is 23.4. The van der Waals surface area contributed by atoms with Gasteiger partial charge in [-0.1, -0.05) is 18.2 Å². The van der Waals surface area contributed by atoms with Crippen LogP contribution in [0.2, 0.25) is 0 Å². The first kappa shape index (κ1) is 21.9. The minimum absolute atomic E-state index is 0.0506. The Hall–Kier alpha value is -2.30. The highest BCUT2D eigenvalue weighted by molar-refractivity contribution is 7.99. The van der Waals surface area contributed by atoms with Crippen LogP contribution < -0.4 is 4.90 Å². The van der Waals surface area contributed by atoms with Crippen molar-refractivity contribution in [1.82, 2.24) is 20.0 Å². The van der Waals surface area contributed by atoms with E-state index in [-0.39, 0.29) is 18.3 Å². The van der Waals surface area contributed by atoms with Crippen LogP contribution in [0.15, 0.2) is 32.8 Å². The normalized spacial score (nSPS) is 17.6. The van der Waals surface area contributed by atoms with Crippen LogP contribution in [0.1, 0.15) is 30.7 Å². The number of benzodiazepines with no additional fused rings is 1. The number of carbonyl (C=O) groups excluding carboxylic acids is 1. The van der Waals surface area contributed by atoms with Gasteiger partial charge in [-0.05, 0) is 58.2 Å². The van der Waals surface area contributed by atoms with E-state index in [0.717, 1.165) is 38.2 Å². The molecule has 4 rings (SSSR count). The van der Waals surface area contributed by atoms with Crippen molar-refractivity contribution in [2.24, 2.45) is 4.99 Å². The van der Waals surface area contributed by atoms with Crippen LogP contribution >= 0.6 is 11.8 Å². The van der Waals surface area contributed by atoms with E-state index in [1.165, 1.54) is 30.3 Å². The number of thioether (sulfide) groups is 1. The monoisotopic (exact) mass is 446 g/mol. The van der Waals surface area contributed by atoms with Crippen LogP contribution in [-0.4, -0.2) is 84.3 Å². The average molecular weight is 447 g/mol. The number of aromatic nitrogens is 2. The SMILES string of the molecule is CN(C)CCSc1nnc(C2=NCC(=O)N(CN3CCCCC3)c3ccc(F)cc32)o1. The third kappa shape index (κ3) is 5.31. The Morgan fingerprint density at radius 1 is 1.19 bits per heavy atom. The fourth-order valence-corrected chi connectivity index (χ4v) is 4.57. The first-order valence-corrected chi connectivity index (χ1v) is 11.5. The van der Waals surface area contributed by atoms with Crippen molar-refractivity contribution >= 4 is 29.1 Å². The molecule has 166 valence electrons. The molecule has 10 heteroatoms. The predicted molar refractivity (Wildman–Crippen MR) is 118 cm³/mol. The molecule has 0 spiro atoms. The van der Waals surface area contributed by atoms with Gasteiger partial charge in [0, 0.05) is 17.9 Å². The zero-order chi connectivity index (χ0) is 21.8. The number of benzene rings is 1. The zero-order valence-electron chi connectivity index (χ0n) is 17.9. The van der Waals surface area contributed by atoms with E-state index in [4.69, 9.17) is 4.42 Å². The Morgan fingerprint density at radius 2 is 2.00 bits per heavy atom. The molecule has 1 saturated heterocycles. The number of fused-ring (bicyclic) bond motifs is 1. The first-order valence-electron chi connectivity index (χ1n) is 10.5. The van der Waals surface area contributed by atoms with Gasteiger partial charge in [-0.25, -0.2) is 4.39 Å². The van der Waals surface area contributed by atoms with Crippen LogP contribution in [-0.2, 0) is 4.79 Å². The lowest BCUT2D eigenvalue weighted by atomic mass is 10.1. The van der Waals surface area contributed by atoms with Gasteiger partial charge in [0.15, 0.2) is 0 Å². The lowest BCUT2D eigenvalue weighted by molar-refractivity contribution is -0.117. The van der Waals surface area contributed by atoms with Gasteiger partial charge >= 0.3 is 0 Å². The molecule has 2 aliphatic heterocycles. The summed E-state index contributed by atoms with van der Waals surface area (Å²) in [6.45, 7) is 3.19. The van der Waals surface area contributed by atoms with Gasteiger partial charge in [0.2, 0.25) is 5.91 Å². The van der Waals surface area contributed by atoms with Crippen molar-refractivity contribution < 1.29 is 13.6 Å². The molecule has 0 saturated carbocycles. The Labute approximate surface area is 185 Å². The predicted octanol–water partition coefficient (Wildman–Crippen LogP) is 2.49. The van der Waals surface area contributed by atoms with E-state index in [1.807, 2.05) is 14.1 Å². The van der Waals surface area contributed by atoms with Gasteiger partial charge in [-0.15, -0.1) is 10.2 Å². The summed E-state index contributed by atoms with van der Waals surface area (Å²) >= 11 is 1.45.